The summed E-state index contributed by atoms with van der Waals surface area (Å²) in [7, 11) is -8.99. The zero-order valence-electron chi connectivity index (χ0n) is 4.05. The van der Waals surface area contributed by atoms with Gasteiger partial charge in [-0.1, -0.05) is 0 Å². The van der Waals surface area contributed by atoms with Crippen molar-refractivity contribution in [3.8, 4) is 0 Å². The molecule has 0 aliphatic carbocycles. The van der Waals surface area contributed by atoms with Crippen molar-refractivity contribution in [1.29, 1.82) is 0 Å². The van der Waals surface area contributed by atoms with Crippen LogP contribution in [0.2, 0.25) is 0 Å². The largest absolute Gasteiger partial charge is 0.411 e. The molecular formula is CH4O6S2. The summed E-state index contributed by atoms with van der Waals surface area (Å²) >= 11 is 0. The average Bonchev–Trinajstić information content (AvgIpc) is 1.14. The van der Waals surface area contributed by atoms with Gasteiger partial charge < -0.3 is 0 Å². The highest BCUT2D eigenvalue weighted by molar-refractivity contribution is 7.99. The number of hydrogen-bond acceptors (Lipinski definition) is 4. The first-order valence-corrected chi connectivity index (χ1v) is 4.46. The highest BCUT2D eigenvalue weighted by Crippen LogP contribution is 1.91. The zero-order valence-corrected chi connectivity index (χ0v) is 5.68. The smallest absolute Gasteiger partial charge is 0.293 e. The summed E-state index contributed by atoms with van der Waals surface area (Å²) in [5, 5.41) is 0. The first kappa shape index (κ1) is 8.85. The van der Waals surface area contributed by atoms with E-state index in [9.17, 15) is 12.6 Å². The minimum Gasteiger partial charge on any atom is -0.293 e. The zero-order chi connectivity index (χ0) is 7.71. The van der Waals surface area contributed by atoms with Gasteiger partial charge in [0.15, 0.2) is 0 Å². The van der Waals surface area contributed by atoms with Gasteiger partial charge in [-0.2, -0.15) is 8.42 Å². The molecule has 0 saturated heterocycles. The molecule has 9 heavy (non-hydrogen) atoms. The first-order valence-electron chi connectivity index (χ1n) is 1.49. The highest BCUT2D eigenvalue weighted by Gasteiger charge is 2.10. The van der Waals surface area contributed by atoms with Crippen molar-refractivity contribution in [2.75, 3.05) is 0 Å². The number of rotatable bonds is 2. The van der Waals surface area contributed by atoms with Crippen LogP contribution in [-0.2, 0) is 24.1 Å². The van der Waals surface area contributed by atoms with Crippen LogP contribution in [0.15, 0.2) is 0 Å². The molecule has 2 N–H and O–H groups in total. The molecule has 0 aliphatic rings. The molecule has 0 aromatic heterocycles. The lowest BCUT2D eigenvalue weighted by Gasteiger charge is -1.95. The highest BCUT2D eigenvalue weighted by atomic mass is 32.3. The Hall–Kier alpha value is -0.150. The predicted molar refractivity (Wildman–Crippen MR) is 30.5 cm³/mol. The van der Waals surface area contributed by atoms with E-state index < -0.39 is 20.5 Å². The summed E-state index contributed by atoms with van der Waals surface area (Å²) < 4.78 is 47.9. The van der Waals surface area contributed by atoms with Gasteiger partial charge >= 0.3 is 10.4 Å². The second-order valence-corrected chi connectivity index (χ2v) is 3.64. The van der Waals surface area contributed by atoms with Crippen molar-refractivity contribution in [1.82, 2.24) is 0 Å². The van der Waals surface area contributed by atoms with Crippen LogP contribution in [0.5, 0.6) is 0 Å². The van der Waals surface area contributed by atoms with Crippen LogP contribution in [-0.4, -0.2) is 27.6 Å². The summed E-state index contributed by atoms with van der Waals surface area (Å²) in [4.78, 5) is 0. The Morgan fingerprint density at radius 1 is 1.22 bits per heavy atom. The molecule has 0 bridgehead atoms. The van der Waals surface area contributed by atoms with Crippen molar-refractivity contribution in [3.63, 3.8) is 0 Å². The van der Waals surface area contributed by atoms with Crippen LogP contribution >= 0.6 is 0 Å². The lowest BCUT2D eigenvalue weighted by atomic mass is 12.0. The van der Waals surface area contributed by atoms with Crippen molar-refractivity contribution in [3.05, 3.63) is 0 Å². The Balaban J connectivity index is 4.46. The van der Waals surface area contributed by atoms with E-state index in [-0.39, 0.29) is 0 Å². The van der Waals surface area contributed by atoms with Crippen LogP contribution in [0, 0.1) is 0 Å². The van der Waals surface area contributed by atoms with Crippen molar-refractivity contribution < 1.29 is 25.4 Å². The van der Waals surface area contributed by atoms with Gasteiger partial charge in [-0.3, -0.25) is 9.11 Å². The van der Waals surface area contributed by atoms with Crippen LogP contribution in [0.3, 0.4) is 0 Å². The topological polar surface area (TPSA) is 101 Å². The van der Waals surface area contributed by atoms with Gasteiger partial charge in [-0.15, -0.1) is 3.63 Å². The Labute approximate surface area is 52.4 Å². The van der Waals surface area contributed by atoms with Gasteiger partial charge in [-0.05, 0) is 0 Å². The molecule has 0 fully saturated rings. The number of hydrogen-bond donors (Lipinski definition) is 2. The Bertz CT molecular complexity index is 236. The molecule has 0 saturated carbocycles. The van der Waals surface area contributed by atoms with E-state index in [4.69, 9.17) is 9.11 Å². The maximum atomic E-state index is 9.89. The van der Waals surface area contributed by atoms with Gasteiger partial charge in [0.2, 0.25) is 10.1 Å². The van der Waals surface area contributed by atoms with E-state index in [1.807, 2.05) is 0 Å². The van der Waals surface area contributed by atoms with Gasteiger partial charge in [0.1, 0.15) is 0 Å². The van der Waals surface area contributed by atoms with Gasteiger partial charge in [0.05, 0.1) is 0 Å². The second kappa shape index (κ2) is 2.23. The first-order chi connectivity index (χ1) is 3.71. The summed E-state index contributed by atoms with van der Waals surface area (Å²) in [6, 6.07) is 0. The minimum absolute atomic E-state index is 2.38. The quantitative estimate of drug-likeness (QED) is 0.409. The third kappa shape index (κ3) is 7.85. The van der Waals surface area contributed by atoms with E-state index >= 15 is 0 Å². The molecule has 6 nitrogen and oxygen atoms in total. The standard InChI is InChI=1S/CH4O6S2/c1-8(2,3)7-9(4,5)6/h1H2,(H,2,3)(H,4,5,6). The molecule has 56 valence electrons. The maximum absolute atomic E-state index is 9.89. The van der Waals surface area contributed by atoms with Gasteiger partial charge in [-0.25, -0.2) is 4.21 Å². The predicted octanol–water partition coefficient (Wildman–Crippen LogP) is -1.09. The fraction of sp³-hybridized carbons (Fsp3) is 0. The second-order valence-electron chi connectivity index (χ2n) is 1.08. The van der Waals surface area contributed by atoms with E-state index in [0.717, 1.165) is 0 Å². The average molecular weight is 176 g/mol. The van der Waals surface area contributed by atoms with E-state index in [1.54, 1.807) is 0 Å². The van der Waals surface area contributed by atoms with Crippen LogP contribution in [0.25, 0.3) is 0 Å². The SMILES string of the molecule is C=S(=O)(O)OS(=O)(=O)O. The van der Waals surface area contributed by atoms with Crippen molar-refractivity contribution >= 4 is 26.4 Å². The molecule has 1 unspecified atom stereocenters. The molecule has 0 spiro atoms. The fourth-order valence-corrected chi connectivity index (χ4v) is 1.21. The third-order valence-corrected chi connectivity index (χ3v) is 1.73. The lowest BCUT2D eigenvalue weighted by molar-refractivity contribution is 0.373. The van der Waals surface area contributed by atoms with E-state index in [2.05, 4.69) is 9.50 Å². The maximum Gasteiger partial charge on any atom is 0.411 e. The van der Waals surface area contributed by atoms with Crippen LogP contribution in [0.1, 0.15) is 0 Å². The summed E-state index contributed by atoms with van der Waals surface area (Å²) in [5.74, 6) is 2.38. The minimum atomic E-state index is -4.87. The van der Waals surface area contributed by atoms with E-state index in [0.29, 0.717) is 0 Å². The Kier molecular flexibility index (Phi) is 2.19. The molecule has 8 heteroatoms. The molecular weight excluding hydrogens is 172 g/mol. The third-order valence-electron chi connectivity index (χ3n) is 0.192. The molecule has 0 rings (SSSR count). The van der Waals surface area contributed by atoms with E-state index in [1.165, 1.54) is 0 Å². The van der Waals surface area contributed by atoms with Gasteiger partial charge in [0, 0.05) is 5.87 Å². The monoisotopic (exact) mass is 176 g/mol. The molecule has 0 radical (unpaired) electrons. The van der Waals surface area contributed by atoms with Crippen LogP contribution < -0.4 is 0 Å². The van der Waals surface area contributed by atoms with Crippen molar-refractivity contribution in [2.24, 2.45) is 0 Å². The normalized spacial score (nSPS) is 18.9. The molecule has 0 aromatic carbocycles. The lowest BCUT2D eigenvalue weighted by Crippen LogP contribution is -2.10. The fourth-order valence-electron chi connectivity index (χ4n) is 0.134. The Morgan fingerprint density at radius 2 is 1.56 bits per heavy atom. The molecule has 1 atom stereocenters. The van der Waals surface area contributed by atoms with Gasteiger partial charge in [0.25, 0.3) is 0 Å². The summed E-state index contributed by atoms with van der Waals surface area (Å²) in [6.45, 7) is 0. The van der Waals surface area contributed by atoms with Crippen LogP contribution in [0.4, 0.5) is 0 Å². The summed E-state index contributed by atoms with van der Waals surface area (Å²) in [6.07, 6.45) is 0. The molecule has 0 aliphatic heterocycles. The molecule has 0 aromatic rings. The summed E-state index contributed by atoms with van der Waals surface area (Å²) in [5.41, 5.74) is 0. The van der Waals surface area contributed by atoms with Crippen molar-refractivity contribution in [2.45, 2.75) is 0 Å². The molecule has 0 amide bonds. The Morgan fingerprint density at radius 3 is 1.56 bits per heavy atom. The molecule has 0 heterocycles.